The Morgan fingerprint density at radius 2 is 1.93 bits per heavy atom. The monoisotopic (exact) mass is 422 g/mol. The van der Waals surface area contributed by atoms with Crippen molar-refractivity contribution in [3.05, 3.63) is 56.8 Å². The van der Waals surface area contributed by atoms with Crippen molar-refractivity contribution in [2.45, 2.75) is 25.0 Å². The zero-order valence-electron chi connectivity index (χ0n) is 15.5. The Morgan fingerprint density at radius 3 is 2.54 bits per heavy atom. The van der Waals surface area contributed by atoms with Gasteiger partial charge in [0.2, 0.25) is 5.91 Å². The maximum absolute atomic E-state index is 12.9. The summed E-state index contributed by atoms with van der Waals surface area (Å²) in [6, 6.07) is 6.82. The van der Waals surface area contributed by atoms with Gasteiger partial charge in [0.05, 0.1) is 41.1 Å². The maximum atomic E-state index is 12.9. The number of carbonyl (C=O) groups excluding carboxylic acids is 3. The van der Waals surface area contributed by atoms with Crippen molar-refractivity contribution in [3.8, 4) is 0 Å². The van der Waals surface area contributed by atoms with Crippen LogP contribution >= 0.6 is 23.4 Å². The van der Waals surface area contributed by atoms with Crippen LogP contribution in [0.25, 0.3) is 0 Å². The summed E-state index contributed by atoms with van der Waals surface area (Å²) in [5, 5.41) is 0.229. The second-order valence-corrected chi connectivity index (χ2v) is 7.85. The van der Waals surface area contributed by atoms with Gasteiger partial charge >= 0.3 is 11.9 Å². The van der Waals surface area contributed by atoms with E-state index < -0.39 is 23.1 Å². The van der Waals surface area contributed by atoms with E-state index in [2.05, 4.69) is 0 Å². The molecular formula is C19H19ClN2O5S. The number of nitrogens with zero attached hydrogens (tertiary/aromatic N) is 1. The Balaban J connectivity index is 2.34. The van der Waals surface area contributed by atoms with Crippen LogP contribution in [0.15, 0.2) is 46.3 Å². The predicted octanol–water partition coefficient (Wildman–Crippen LogP) is 2.52. The summed E-state index contributed by atoms with van der Waals surface area (Å²) in [6.07, 6.45) is 0. The van der Waals surface area contributed by atoms with E-state index in [0.717, 1.165) is 0 Å². The second-order valence-electron chi connectivity index (χ2n) is 6.12. The molecule has 2 aliphatic heterocycles. The van der Waals surface area contributed by atoms with Gasteiger partial charge in [0, 0.05) is 5.02 Å². The van der Waals surface area contributed by atoms with Crippen LogP contribution in [-0.4, -0.2) is 41.7 Å². The van der Waals surface area contributed by atoms with Gasteiger partial charge < -0.3 is 15.2 Å². The molecule has 2 atom stereocenters. The Hall–Kier alpha value is -2.45. The van der Waals surface area contributed by atoms with Gasteiger partial charge in [-0.15, -0.1) is 0 Å². The van der Waals surface area contributed by atoms with Gasteiger partial charge in [-0.2, -0.15) is 0 Å². The normalized spacial score (nSPS) is 21.7. The highest BCUT2D eigenvalue weighted by Crippen LogP contribution is 2.50. The zero-order chi connectivity index (χ0) is 20.6. The first-order valence-corrected chi connectivity index (χ1v) is 9.83. The summed E-state index contributed by atoms with van der Waals surface area (Å²) in [5.41, 5.74) is 6.87. The first kappa shape index (κ1) is 20.3. The first-order valence-electron chi connectivity index (χ1n) is 8.57. The number of ether oxygens (including phenoxy) is 2. The van der Waals surface area contributed by atoms with E-state index in [4.69, 9.17) is 26.8 Å². The number of halogens is 1. The van der Waals surface area contributed by atoms with E-state index in [1.54, 1.807) is 38.1 Å². The van der Waals surface area contributed by atoms with Crippen molar-refractivity contribution >= 4 is 41.2 Å². The summed E-state index contributed by atoms with van der Waals surface area (Å²) in [7, 11) is 1.21. The molecular weight excluding hydrogens is 404 g/mol. The molecule has 1 aromatic rings. The van der Waals surface area contributed by atoms with Crippen molar-refractivity contribution in [1.29, 1.82) is 0 Å². The minimum Gasteiger partial charge on any atom is -0.466 e. The van der Waals surface area contributed by atoms with Crippen LogP contribution < -0.4 is 5.73 Å². The third-order valence-electron chi connectivity index (χ3n) is 4.50. The van der Waals surface area contributed by atoms with Crippen LogP contribution in [0.3, 0.4) is 0 Å². The van der Waals surface area contributed by atoms with Gasteiger partial charge in [-0.1, -0.05) is 41.6 Å². The van der Waals surface area contributed by atoms with E-state index in [1.807, 2.05) is 0 Å². The Kier molecular flexibility index (Phi) is 5.71. The van der Waals surface area contributed by atoms with Gasteiger partial charge in [-0.05, 0) is 25.5 Å². The maximum Gasteiger partial charge on any atom is 0.338 e. The molecule has 0 radical (unpaired) electrons. The smallest absolute Gasteiger partial charge is 0.338 e. The fourth-order valence-corrected chi connectivity index (χ4v) is 4.68. The summed E-state index contributed by atoms with van der Waals surface area (Å²) in [6.45, 7) is 3.51. The van der Waals surface area contributed by atoms with Crippen molar-refractivity contribution in [2.75, 3.05) is 13.7 Å². The molecule has 0 aliphatic carbocycles. The number of hydrogen-bond donors (Lipinski definition) is 1. The SMILES string of the molecule is CCOC(=O)C1=C2S[C@@H](C)C(=O)N2C(N)=C(C(=O)OC)[C@H]1c1ccccc1Cl. The topological polar surface area (TPSA) is 98.9 Å². The zero-order valence-corrected chi connectivity index (χ0v) is 17.1. The van der Waals surface area contributed by atoms with Crippen molar-refractivity contribution in [2.24, 2.45) is 5.73 Å². The molecule has 0 saturated carbocycles. The lowest BCUT2D eigenvalue weighted by Gasteiger charge is -2.33. The third-order valence-corrected chi connectivity index (χ3v) is 6.03. The number of nitrogens with two attached hydrogens (primary N) is 1. The minimum atomic E-state index is -0.919. The highest BCUT2D eigenvalue weighted by molar-refractivity contribution is 8.04. The minimum absolute atomic E-state index is 0.0227. The molecule has 0 aromatic heterocycles. The number of fused-ring (bicyclic) bond motifs is 1. The van der Waals surface area contributed by atoms with Crippen molar-refractivity contribution < 1.29 is 23.9 Å². The number of methoxy groups -OCH3 is 1. The van der Waals surface area contributed by atoms with Crippen LogP contribution in [0.5, 0.6) is 0 Å². The number of carbonyl (C=O) groups is 3. The first-order chi connectivity index (χ1) is 13.3. The lowest BCUT2D eigenvalue weighted by molar-refractivity contribution is -0.139. The number of esters is 2. The fraction of sp³-hybridized carbons (Fsp3) is 0.316. The molecule has 9 heteroatoms. The molecule has 2 heterocycles. The van der Waals surface area contributed by atoms with Gasteiger partial charge in [0.1, 0.15) is 5.82 Å². The molecule has 1 amide bonds. The van der Waals surface area contributed by atoms with Crippen molar-refractivity contribution in [1.82, 2.24) is 4.90 Å². The highest BCUT2D eigenvalue weighted by atomic mass is 35.5. The number of amides is 1. The molecule has 0 bridgehead atoms. The average molecular weight is 423 g/mol. The van der Waals surface area contributed by atoms with Gasteiger partial charge in [0.25, 0.3) is 0 Å². The van der Waals surface area contributed by atoms with Crippen LogP contribution in [0, 0.1) is 0 Å². The van der Waals surface area contributed by atoms with E-state index in [9.17, 15) is 14.4 Å². The van der Waals surface area contributed by atoms with E-state index in [-0.39, 0.29) is 29.5 Å². The molecule has 2 aliphatic rings. The quantitative estimate of drug-likeness (QED) is 0.744. The number of rotatable bonds is 4. The second kappa shape index (κ2) is 7.89. The molecule has 7 nitrogen and oxygen atoms in total. The van der Waals surface area contributed by atoms with Gasteiger partial charge in [-0.25, -0.2) is 9.59 Å². The van der Waals surface area contributed by atoms with E-state index >= 15 is 0 Å². The molecule has 1 fully saturated rings. The number of benzene rings is 1. The van der Waals surface area contributed by atoms with Gasteiger partial charge in [0.15, 0.2) is 0 Å². The Morgan fingerprint density at radius 1 is 1.25 bits per heavy atom. The highest BCUT2D eigenvalue weighted by Gasteiger charge is 2.49. The molecule has 28 heavy (non-hydrogen) atoms. The molecule has 3 rings (SSSR count). The molecule has 1 aromatic carbocycles. The molecule has 2 N–H and O–H groups in total. The molecule has 0 spiro atoms. The van der Waals surface area contributed by atoms with Crippen LogP contribution in [-0.2, 0) is 23.9 Å². The van der Waals surface area contributed by atoms with Gasteiger partial charge in [-0.3, -0.25) is 9.69 Å². The molecule has 0 unspecified atom stereocenters. The lowest BCUT2D eigenvalue weighted by Crippen LogP contribution is -2.40. The fourth-order valence-electron chi connectivity index (χ4n) is 3.27. The average Bonchev–Trinajstić information content (AvgIpc) is 2.96. The summed E-state index contributed by atoms with van der Waals surface area (Å²) < 4.78 is 10.2. The summed E-state index contributed by atoms with van der Waals surface area (Å²) in [5.74, 6) is -2.70. The van der Waals surface area contributed by atoms with Crippen LogP contribution in [0.1, 0.15) is 25.3 Å². The van der Waals surface area contributed by atoms with Crippen LogP contribution in [0.4, 0.5) is 0 Å². The molecule has 1 saturated heterocycles. The predicted molar refractivity (Wildman–Crippen MR) is 105 cm³/mol. The standard InChI is InChI=1S/C19H19ClN2O5S/c1-4-27-19(25)14-12(10-7-5-6-8-11(10)20)13(18(24)26-3)15(21)22-16(23)9(2)28-17(14)22/h5-9,12H,4,21H2,1-3H3/t9-,12+/m0/s1. The summed E-state index contributed by atoms with van der Waals surface area (Å²) in [4.78, 5) is 39.4. The van der Waals surface area contributed by atoms with E-state index in [0.29, 0.717) is 15.6 Å². The van der Waals surface area contributed by atoms with Crippen LogP contribution in [0.2, 0.25) is 5.02 Å². The van der Waals surface area contributed by atoms with Crippen molar-refractivity contribution in [3.63, 3.8) is 0 Å². The van der Waals surface area contributed by atoms with E-state index in [1.165, 1.54) is 23.8 Å². The molecule has 148 valence electrons. The largest absolute Gasteiger partial charge is 0.466 e. The summed E-state index contributed by atoms with van der Waals surface area (Å²) >= 11 is 7.58. The Bertz CT molecular complexity index is 927. The third kappa shape index (κ3) is 3.16. The number of hydrogen-bond acceptors (Lipinski definition) is 7. The lowest BCUT2D eigenvalue weighted by atomic mass is 9.82. The Labute approximate surface area is 171 Å². The number of thioether (sulfide) groups is 1.